The Morgan fingerprint density at radius 1 is 0.860 bits per heavy atom. The van der Waals surface area contributed by atoms with E-state index >= 15 is 0 Å². The van der Waals surface area contributed by atoms with Crippen LogP contribution in [0.5, 0.6) is 0 Å². The van der Waals surface area contributed by atoms with Crippen molar-refractivity contribution in [3.8, 4) is 6.07 Å². The molecule has 2 aromatic carbocycles. The summed E-state index contributed by atoms with van der Waals surface area (Å²) in [5.74, 6) is -0.380. The molecule has 8 nitrogen and oxygen atoms in total. The first-order valence-electron chi connectivity index (χ1n) is 14.1. The van der Waals surface area contributed by atoms with Crippen molar-refractivity contribution in [2.45, 2.75) is 51.6 Å². The summed E-state index contributed by atoms with van der Waals surface area (Å²) in [4.78, 5) is 8.10. The molecule has 0 atom stereocenters. The number of aromatic amines is 1. The van der Waals surface area contributed by atoms with E-state index in [4.69, 9.17) is 22.6 Å². The summed E-state index contributed by atoms with van der Waals surface area (Å²) in [5.41, 5.74) is 14.0. The molecule has 3 aromatic heterocycles. The Morgan fingerprint density at radius 2 is 1.44 bits per heavy atom. The van der Waals surface area contributed by atoms with Gasteiger partial charge in [0.2, 0.25) is 0 Å². The van der Waals surface area contributed by atoms with E-state index in [1.807, 2.05) is 18.2 Å². The van der Waals surface area contributed by atoms with Crippen molar-refractivity contribution in [2.75, 3.05) is 16.4 Å². The predicted octanol–water partition coefficient (Wildman–Crippen LogP) is 6.63. The summed E-state index contributed by atoms with van der Waals surface area (Å²) in [6, 6.07) is 16.8. The predicted molar refractivity (Wildman–Crippen MR) is 164 cm³/mol. The maximum Gasteiger partial charge on any atom is 0.185 e. The van der Waals surface area contributed by atoms with E-state index in [-0.39, 0.29) is 22.4 Å². The molecule has 0 fully saturated rings. The van der Waals surface area contributed by atoms with Gasteiger partial charge in [0.1, 0.15) is 17.0 Å². The summed E-state index contributed by atoms with van der Waals surface area (Å²) < 4.78 is 28.0. The van der Waals surface area contributed by atoms with E-state index < -0.39 is 11.6 Å². The number of aromatic nitrogens is 4. The number of H-pyrrole nitrogens is 1. The molecule has 0 spiro atoms. The molecule has 0 aliphatic heterocycles. The second-order valence-corrected chi connectivity index (χ2v) is 11.0. The quantitative estimate of drug-likeness (QED) is 0.162. The van der Waals surface area contributed by atoms with Crippen molar-refractivity contribution in [1.82, 2.24) is 20.2 Å². The molecule has 5 aromatic rings. The first kappa shape index (κ1) is 28.4. The molecule has 3 heterocycles. The molecule has 0 radical (unpaired) electrons. The number of hydrogen-bond acceptors (Lipinski definition) is 7. The molecular formula is C32H29ClF2N8. The van der Waals surface area contributed by atoms with Gasteiger partial charge in [-0.1, -0.05) is 48.0 Å². The van der Waals surface area contributed by atoms with E-state index in [1.54, 1.807) is 0 Å². The zero-order chi connectivity index (χ0) is 29.9. The van der Waals surface area contributed by atoms with Gasteiger partial charge in [-0.25, -0.2) is 18.7 Å². The molecule has 0 saturated heterocycles. The Labute approximate surface area is 252 Å². The Kier molecular flexibility index (Phi) is 8.07. The summed E-state index contributed by atoms with van der Waals surface area (Å²) in [7, 11) is 0. The lowest BCUT2D eigenvalue weighted by Crippen LogP contribution is -2.06. The highest BCUT2D eigenvalue weighted by Gasteiger charge is 2.17. The van der Waals surface area contributed by atoms with Crippen LogP contribution in [0.15, 0.2) is 48.5 Å². The number of rotatable bonds is 6. The van der Waals surface area contributed by atoms with Crippen molar-refractivity contribution in [2.24, 2.45) is 0 Å². The lowest BCUT2D eigenvalue weighted by molar-refractivity contribution is 0.623. The largest absolute Gasteiger partial charge is 0.384 e. The van der Waals surface area contributed by atoms with Gasteiger partial charge in [-0.2, -0.15) is 10.4 Å². The van der Waals surface area contributed by atoms with Crippen molar-refractivity contribution >= 4 is 40.1 Å². The average Bonchev–Trinajstić information content (AvgIpc) is 3.77. The Morgan fingerprint density at radius 3 is 2.05 bits per heavy atom. The lowest BCUT2D eigenvalue weighted by atomic mass is 10.0. The van der Waals surface area contributed by atoms with Gasteiger partial charge >= 0.3 is 0 Å². The number of aryl methyl sites for hydroxylation is 2. The number of hydrogen-bond donors (Lipinski definition) is 4. The zero-order valence-electron chi connectivity index (χ0n) is 23.3. The number of nitrogens with one attached hydrogen (secondary N) is 3. The van der Waals surface area contributed by atoms with Crippen molar-refractivity contribution < 1.29 is 8.78 Å². The minimum Gasteiger partial charge on any atom is -0.384 e. The normalized spacial score (nSPS) is 13.2. The standard InChI is InChI=1S/C16H13ClFN3.C16H16FN5/c17-15-12(8-19)7-14(18)16(21-15)20-9-11-5-1-3-10-4-2-6-13(10)11;17-13-7-12-14(18)21-22-15(12)20-16(13)19-8-10-5-1-3-9-4-2-6-11(9)10/h1,3,5,7H,2,4,6,9H2,(H,20,21);1,3,5,7H,2,4,6,8H2,(H4,18,19,20,21,22). The fourth-order valence-corrected chi connectivity index (χ4v) is 6.00. The van der Waals surface area contributed by atoms with Gasteiger partial charge in [-0.05, 0) is 84.0 Å². The number of nitrogens with two attached hydrogens (primary N) is 1. The third kappa shape index (κ3) is 5.94. The van der Waals surface area contributed by atoms with E-state index in [0.29, 0.717) is 29.9 Å². The molecule has 0 amide bonds. The number of fused-ring (bicyclic) bond motifs is 3. The molecule has 0 unspecified atom stereocenters. The molecular weight excluding hydrogens is 570 g/mol. The summed E-state index contributed by atoms with van der Waals surface area (Å²) >= 11 is 5.84. The van der Waals surface area contributed by atoms with Crippen LogP contribution >= 0.6 is 11.6 Å². The molecule has 7 rings (SSSR count). The van der Waals surface area contributed by atoms with Gasteiger partial charge in [-0.3, -0.25) is 5.10 Å². The molecule has 43 heavy (non-hydrogen) atoms. The molecule has 5 N–H and O–H groups in total. The van der Waals surface area contributed by atoms with Gasteiger partial charge in [0.25, 0.3) is 0 Å². The zero-order valence-corrected chi connectivity index (χ0v) is 24.0. The smallest absolute Gasteiger partial charge is 0.185 e. The molecule has 218 valence electrons. The first-order valence-corrected chi connectivity index (χ1v) is 14.5. The molecule has 2 aliphatic carbocycles. The van der Waals surface area contributed by atoms with Crippen LogP contribution in [-0.2, 0) is 38.8 Å². The monoisotopic (exact) mass is 598 g/mol. The van der Waals surface area contributed by atoms with Crippen molar-refractivity contribution in [3.05, 3.63) is 104 Å². The number of anilines is 3. The van der Waals surface area contributed by atoms with Crippen molar-refractivity contribution in [1.29, 1.82) is 5.26 Å². The van der Waals surface area contributed by atoms with Gasteiger partial charge in [0.05, 0.1) is 10.9 Å². The van der Waals surface area contributed by atoms with E-state index in [9.17, 15) is 8.78 Å². The highest BCUT2D eigenvalue weighted by Crippen LogP contribution is 2.28. The Hall–Kier alpha value is -4.75. The minimum atomic E-state index is -0.566. The number of pyridine rings is 2. The van der Waals surface area contributed by atoms with Crippen LogP contribution in [0.1, 0.15) is 51.8 Å². The average molecular weight is 599 g/mol. The first-order chi connectivity index (χ1) is 20.9. The molecule has 0 bridgehead atoms. The number of nitrogen functional groups attached to an aromatic ring is 1. The minimum absolute atomic E-state index is 0.0136. The Bertz CT molecular complexity index is 1860. The van der Waals surface area contributed by atoms with Crippen LogP contribution in [0.3, 0.4) is 0 Å². The number of halogens is 3. The van der Waals surface area contributed by atoms with Crippen LogP contribution in [0.2, 0.25) is 5.15 Å². The summed E-state index contributed by atoms with van der Waals surface area (Å²) in [6.45, 7) is 1.05. The van der Waals surface area contributed by atoms with Crippen molar-refractivity contribution in [3.63, 3.8) is 0 Å². The van der Waals surface area contributed by atoms with E-state index in [2.05, 4.69) is 55.1 Å². The van der Waals surface area contributed by atoms with E-state index in [1.165, 1.54) is 46.7 Å². The fourth-order valence-electron chi connectivity index (χ4n) is 5.82. The maximum absolute atomic E-state index is 14.1. The van der Waals surface area contributed by atoms with Crippen LogP contribution < -0.4 is 16.4 Å². The SMILES string of the molecule is N#Cc1cc(F)c(NCc2cccc3c2CCC3)nc1Cl.Nc1[nH]nc2nc(NCc3cccc4c3CCC4)c(F)cc12. The Balaban J connectivity index is 0.000000153. The maximum atomic E-state index is 14.1. The van der Waals surface area contributed by atoms with E-state index in [0.717, 1.165) is 37.3 Å². The molecule has 2 aliphatic rings. The fraction of sp³-hybridized carbons (Fsp3) is 0.250. The van der Waals surface area contributed by atoms with Gasteiger partial charge in [0.15, 0.2) is 28.9 Å². The van der Waals surface area contributed by atoms with Crippen LogP contribution in [0.25, 0.3) is 11.0 Å². The van der Waals surface area contributed by atoms with Gasteiger partial charge in [0, 0.05) is 13.1 Å². The second kappa shape index (κ2) is 12.2. The van der Waals surface area contributed by atoms with Gasteiger partial charge in [-0.15, -0.1) is 0 Å². The highest BCUT2D eigenvalue weighted by molar-refractivity contribution is 6.30. The van der Waals surface area contributed by atoms with Crippen LogP contribution in [0.4, 0.5) is 26.2 Å². The topological polar surface area (TPSA) is 128 Å². The third-order valence-corrected chi connectivity index (χ3v) is 8.24. The molecule has 0 saturated carbocycles. The van der Waals surface area contributed by atoms with Gasteiger partial charge < -0.3 is 16.4 Å². The van der Waals surface area contributed by atoms with Crippen LogP contribution in [-0.4, -0.2) is 20.2 Å². The molecule has 11 heteroatoms. The number of benzene rings is 2. The number of nitrogens with zero attached hydrogens (tertiary/aromatic N) is 4. The highest BCUT2D eigenvalue weighted by atomic mass is 35.5. The second-order valence-electron chi connectivity index (χ2n) is 10.6. The summed E-state index contributed by atoms with van der Waals surface area (Å²) in [6.07, 6.45) is 6.77. The number of nitriles is 1. The summed E-state index contributed by atoms with van der Waals surface area (Å²) in [5, 5.41) is 21.9. The lowest BCUT2D eigenvalue weighted by Gasteiger charge is -2.11. The van der Waals surface area contributed by atoms with Crippen LogP contribution in [0, 0.1) is 23.0 Å². The third-order valence-electron chi connectivity index (χ3n) is 7.96.